The van der Waals surface area contributed by atoms with Crippen LogP contribution in [0.3, 0.4) is 0 Å². The highest BCUT2D eigenvalue weighted by Gasteiger charge is 2.41. The number of anilines is 1. The van der Waals surface area contributed by atoms with Crippen molar-refractivity contribution in [3.63, 3.8) is 0 Å². The van der Waals surface area contributed by atoms with E-state index >= 15 is 0 Å². The van der Waals surface area contributed by atoms with E-state index in [-0.39, 0.29) is 0 Å². The molecule has 0 aromatic carbocycles. The number of rotatable bonds is 2. The SMILES string of the molecule is COC1CC1c1nn(C)c(N)c1C. The molecule has 0 saturated heterocycles. The molecule has 0 radical (unpaired) electrons. The summed E-state index contributed by atoms with van der Waals surface area (Å²) in [6, 6.07) is 0. The molecule has 2 rings (SSSR count). The number of hydrogen-bond donors (Lipinski definition) is 1. The topological polar surface area (TPSA) is 53.1 Å². The van der Waals surface area contributed by atoms with Gasteiger partial charge < -0.3 is 10.5 Å². The highest BCUT2D eigenvalue weighted by Crippen LogP contribution is 2.44. The number of nitrogen functional groups attached to an aromatic ring is 1. The first-order valence-corrected chi connectivity index (χ1v) is 4.47. The maximum atomic E-state index is 5.81. The van der Waals surface area contributed by atoms with Crippen molar-refractivity contribution in [2.24, 2.45) is 7.05 Å². The third-order valence-electron chi connectivity index (χ3n) is 2.76. The van der Waals surface area contributed by atoms with Crippen LogP contribution in [-0.2, 0) is 11.8 Å². The highest BCUT2D eigenvalue weighted by molar-refractivity contribution is 5.45. The van der Waals surface area contributed by atoms with Crippen LogP contribution in [0.4, 0.5) is 5.82 Å². The zero-order chi connectivity index (χ0) is 9.59. The number of nitrogens with two attached hydrogens (primary N) is 1. The first-order chi connectivity index (χ1) is 6.15. The van der Waals surface area contributed by atoms with E-state index in [9.17, 15) is 0 Å². The minimum absolute atomic E-state index is 0.355. The molecule has 4 heteroatoms. The summed E-state index contributed by atoms with van der Waals surface area (Å²) < 4.78 is 6.97. The standard InChI is InChI=1S/C9H15N3O/c1-5-8(6-4-7(6)13-3)11-12(2)9(5)10/h6-7H,4,10H2,1-3H3. The predicted octanol–water partition coefficient (Wildman–Crippen LogP) is 0.813. The summed E-state index contributed by atoms with van der Waals surface area (Å²) in [5, 5.41) is 4.38. The van der Waals surface area contributed by atoms with Crippen LogP contribution < -0.4 is 5.73 Å². The Morgan fingerprint density at radius 1 is 1.62 bits per heavy atom. The van der Waals surface area contributed by atoms with Crippen LogP contribution >= 0.6 is 0 Å². The van der Waals surface area contributed by atoms with Crippen LogP contribution in [0.1, 0.15) is 23.6 Å². The van der Waals surface area contributed by atoms with Crippen molar-refractivity contribution in [1.82, 2.24) is 9.78 Å². The smallest absolute Gasteiger partial charge is 0.124 e. The molecular weight excluding hydrogens is 166 g/mol. The van der Waals surface area contributed by atoms with Gasteiger partial charge in [0.2, 0.25) is 0 Å². The molecule has 72 valence electrons. The van der Waals surface area contributed by atoms with Gasteiger partial charge in [0, 0.05) is 25.6 Å². The number of hydrogen-bond acceptors (Lipinski definition) is 3. The molecule has 1 heterocycles. The average Bonchev–Trinajstić information content (AvgIpc) is 2.85. The van der Waals surface area contributed by atoms with Crippen LogP contribution in [-0.4, -0.2) is 23.0 Å². The van der Waals surface area contributed by atoms with Gasteiger partial charge in [-0.1, -0.05) is 0 Å². The fourth-order valence-corrected chi connectivity index (χ4v) is 1.74. The Balaban J connectivity index is 2.27. The van der Waals surface area contributed by atoms with Gasteiger partial charge in [0.1, 0.15) is 5.82 Å². The van der Waals surface area contributed by atoms with E-state index in [0.29, 0.717) is 12.0 Å². The van der Waals surface area contributed by atoms with Crippen molar-refractivity contribution < 1.29 is 4.74 Å². The number of aromatic nitrogens is 2. The Hall–Kier alpha value is -1.03. The third-order valence-corrected chi connectivity index (χ3v) is 2.76. The Kier molecular flexibility index (Phi) is 1.80. The molecule has 1 aromatic heterocycles. The van der Waals surface area contributed by atoms with Gasteiger partial charge in [-0.3, -0.25) is 4.68 Å². The van der Waals surface area contributed by atoms with Crippen molar-refractivity contribution in [3.8, 4) is 0 Å². The van der Waals surface area contributed by atoms with Crippen LogP contribution in [0.25, 0.3) is 0 Å². The molecule has 0 amide bonds. The van der Waals surface area contributed by atoms with Gasteiger partial charge in [0.15, 0.2) is 0 Å². The maximum absolute atomic E-state index is 5.81. The van der Waals surface area contributed by atoms with E-state index in [1.165, 1.54) is 0 Å². The van der Waals surface area contributed by atoms with Crippen LogP contribution in [0.2, 0.25) is 0 Å². The summed E-state index contributed by atoms with van der Waals surface area (Å²) in [5.74, 6) is 1.23. The van der Waals surface area contributed by atoms with Gasteiger partial charge in [0.05, 0.1) is 11.8 Å². The molecule has 0 bridgehead atoms. The van der Waals surface area contributed by atoms with E-state index in [1.807, 2.05) is 14.0 Å². The summed E-state index contributed by atoms with van der Waals surface area (Å²) in [4.78, 5) is 0. The van der Waals surface area contributed by atoms with Crippen LogP contribution in [0.5, 0.6) is 0 Å². The number of aryl methyl sites for hydroxylation is 1. The maximum Gasteiger partial charge on any atom is 0.124 e. The summed E-state index contributed by atoms with van der Waals surface area (Å²) in [6.45, 7) is 2.02. The zero-order valence-electron chi connectivity index (χ0n) is 8.24. The minimum atomic E-state index is 0.355. The summed E-state index contributed by atoms with van der Waals surface area (Å²) >= 11 is 0. The van der Waals surface area contributed by atoms with E-state index in [1.54, 1.807) is 11.8 Å². The molecule has 13 heavy (non-hydrogen) atoms. The molecule has 1 aliphatic rings. The van der Waals surface area contributed by atoms with Crippen molar-refractivity contribution in [2.75, 3.05) is 12.8 Å². The lowest BCUT2D eigenvalue weighted by molar-refractivity contribution is 0.177. The second-order valence-electron chi connectivity index (χ2n) is 3.64. The lowest BCUT2D eigenvalue weighted by atomic mass is 10.2. The molecule has 4 nitrogen and oxygen atoms in total. The van der Waals surface area contributed by atoms with E-state index in [0.717, 1.165) is 23.5 Å². The van der Waals surface area contributed by atoms with Gasteiger partial charge in [-0.15, -0.1) is 0 Å². The fourth-order valence-electron chi connectivity index (χ4n) is 1.74. The molecule has 0 aliphatic heterocycles. The van der Waals surface area contributed by atoms with Gasteiger partial charge in [0.25, 0.3) is 0 Å². The van der Waals surface area contributed by atoms with Gasteiger partial charge >= 0.3 is 0 Å². The molecule has 2 unspecified atom stereocenters. The molecular formula is C9H15N3O. The normalized spacial score (nSPS) is 26.4. The largest absolute Gasteiger partial charge is 0.384 e. The van der Waals surface area contributed by atoms with Crippen molar-refractivity contribution in [2.45, 2.75) is 25.4 Å². The lowest BCUT2D eigenvalue weighted by Gasteiger charge is -1.95. The second kappa shape index (κ2) is 2.73. The predicted molar refractivity (Wildman–Crippen MR) is 50.5 cm³/mol. The monoisotopic (exact) mass is 181 g/mol. The third kappa shape index (κ3) is 1.21. The van der Waals surface area contributed by atoms with E-state index < -0.39 is 0 Å². The zero-order valence-corrected chi connectivity index (χ0v) is 8.24. The van der Waals surface area contributed by atoms with Gasteiger partial charge in [-0.2, -0.15) is 5.10 Å². The molecule has 1 aromatic rings. The number of ether oxygens (including phenoxy) is 1. The summed E-state index contributed by atoms with van der Waals surface area (Å²) in [5.41, 5.74) is 8.02. The van der Waals surface area contributed by atoms with Crippen molar-refractivity contribution >= 4 is 5.82 Å². The van der Waals surface area contributed by atoms with E-state index in [4.69, 9.17) is 10.5 Å². The molecule has 2 N–H and O–H groups in total. The first-order valence-electron chi connectivity index (χ1n) is 4.47. The first kappa shape index (κ1) is 8.56. The van der Waals surface area contributed by atoms with E-state index in [2.05, 4.69) is 5.10 Å². The Bertz CT molecular complexity index is 332. The second-order valence-corrected chi connectivity index (χ2v) is 3.64. The Morgan fingerprint density at radius 3 is 2.69 bits per heavy atom. The molecule has 0 spiro atoms. The lowest BCUT2D eigenvalue weighted by Crippen LogP contribution is -1.97. The molecule has 1 aliphatic carbocycles. The molecule has 1 fully saturated rings. The Morgan fingerprint density at radius 2 is 2.31 bits per heavy atom. The quantitative estimate of drug-likeness (QED) is 0.734. The number of nitrogens with zero attached hydrogens (tertiary/aromatic N) is 2. The van der Waals surface area contributed by atoms with Crippen LogP contribution in [0.15, 0.2) is 0 Å². The van der Waals surface area contributed by atoms with Crippen molar-refractivity contribution in [3.05, 3.63) is 11.3 Å². The molecule has 2 atom stereocenters. The average molecular weight is 181 g/mol. The van der Waals surface area contributed by atoms with Crippen LogP contribution in [0, 0.1) is 6.92 Å². The van der Waals surface area contributed by atoms with Gasteiger partial charge in [-0.05, 0) is 13.3 Å². The van der Waals surface area contributed by atoms with Crippen molar-refractivity contribution in [1.29, 1.82) is 0 Å². The highest BCUT2D eigenvalue weighted by atomic mass is 16.5. The number of methoxy groups -OCH3 is 1. The summed E-state index contributed by atoms with van der Waals surface area (Å²) in [7, 11) is 3.61. The Labute approximate surface area is 77.7 Å². The van der Waals surface area contributed by atoms with Gasteiger partial charge in [-0.25, -0.2) is 0 Å². The molecule has 1 saturated carbocycles. The minimum Gasteiger partial charge on any atom is -0.384 e. The summed E-state index contributed by atoms with van der Waals surface area (Å²) in [6.07, 6.45) is 1.43. The fraction of sp³-hybridized carbons (Fsp3) is 0.667.